The van der Waals surface area contributed by atoms with Crippen LogP contribution in [0.5, 0.6) is 0 Å². The SMILES string of the molecule is CN(CCc1cccnc1)CC(C)(C)O. The fourth-order valence-corrected chi connectivity index (χ4v) is 1.61. The van der Waals surface area contributed by atoms with Gasteiger partial charge in [0, 0.05) is 25.5 Å². The molecule has 0 aliphatic heterocycles. The van der Waals surface area contributed by atoms with Crippen LogP contribution in [0.3, 0.4) is 0 Å². The highest BCUT2D eigenvalue weighted by molar-refractivity contribution is 5.08. The van der Waals surface area contributed by atoms with E-state index in [9.17, 15) is 5.11 Å². The molecule has 1 aromatic rings. The Bertz CT molecular complexity index is 279. The second kappa shape index (κ2) is 5.24. The predicted octanol–water partition coefficient (Wildman–Crippen LogP) is 1.33. The van der Waals surface area contributed by atoms with E-state index in [1.807, 2.05) is 33.2 Å². The molecule has 1 heterocycles. The molecule has 0 spiro atoms. The van der Waals surface area contributed by atoms with E-state index in [0.29, 0.717) is 6.54 Å². The second-order valence-electron chi connectivity index (χ2n) is 4.66. The number of nitrogens with zero attached hydrogens (tertiary/aromatic N) is 2. The molecule has 0 aromatic carbocycles. The lowest BCUT2D eigenvalue weighted by Gasteiger charge is -2.25. The van der Waals surface area contributed by atoms with Crippen molar-refractivity contribution in [2.24, 2.45) is 0 Å². The summed E-state index contributed by atoms with van der Waals surface area (Å²) in [5.41, 5.74) is 0.615. The van der Waals surface area contributed by atoms with Gasteiger partial charge in [0.1, 0.15) is 0 Å². The molecule has 0 unspecified atom stereocenters. The first kappa shape index (κ1) is 12.1. The highest BCUT2D eigenvalue weighted by Crippen LogP contribution is 2.04. The van der Waals surface area contributed by atoms with Crippen LogP contribution in [0.25, 0.3) is 0 Å². The first-order valence-corrected chi connectivity index (χ1v) is 5.27. The van der Waals surface area contributed by atoms with Gasteiger partial charge >= 0.3 is 0 Å². The average Bonchev–Trinajstić information content (AvgIpc) is 2.14. The molecule has 0 aliphatic rings. The Hall–Kier alpha value is -0.930. The van der Waals surface area contributed by atoms with Gasteiger partial charge < -0.3 is 10.0 Å². The van der Waals surface area contributed by atoms with E-state index in [1.165, 1.54) is 5.56 Å². The Labute approximate surface area is 91.8 Å². The van der Waals surface area contributed by atoms with Gasteiger partial charge in [-0.05, 0) is 38.9 Å². The largest absolute Gasteiger partial charge is 0.389 e. The summed E-state index contributed by atoms with van der Waals surface area (Å²) in [7, 11) is 2.02. The minimum Gasteiger partial charge on any atom is -0.389 e. The van der Waals surface area contributed by atoms with Crippen LogP contribution in [0.1, 0.15) is 19.4 Å². The van der Waals surface area contributed by atoms with Crippen LogP contribution in [0.15, 0.2) is 24.5 Å². The normalized spacial score (nSPS) is 12.1. The smallest absolute Gasteiger partial charge is 0.0718 e. The van der Waals surface area contributed by atoms with Gasteiger partial charge in [0.25, 0.3) is 0 Å². The highest BCUT2D eigenvalue weighted by atomic mass is 16.3. The first-order chi connectivity index (χ1) is 6.97. The van der Waals surface area contributed by atoms with Gasteiger partial charge in [0.2, 0.25) is 0 Å². The van der Waals surface area contributed by atoms with Crippen molar-refractivity contribution in [2.75, 3.05) is 20.1 Å². The van der Waals surface area contributed by atoms with Gasteiger partial charge in [-0.1, -0.05) is 6.07 Å². The van der Waals surface area contributed by atoms with Crippen molar-refractivity contribution in [3.8, 4) is 0 Å². The summed E-state index contributed by atoms with van der Waals surface area (Å²) in [6.45, 7) is 5.28. The van der Waals surface area contributed by atoms with Gasteiger partial charge in [0.05, 0.1) is 5.60 Å². The topological polar surface area (TPSA) is 36.4 Å². The predicted molar refractivity (Wildman–Crippen MR) is 61.7 cm³/mol. The summed E-state index contributed by atoms with van der Waals surface area (Å²) in [5, 5.41) is 9.63. The lowest BCUT2D eigenvalue weighted by molar-refractivity contribution is 0.0450. The number of hydrogen-bond acceptors (Lipinski definition) is 3. The number of pyridine rings is 1. The molecule has 0 bridgehead atoms. The molecule has 0 fully saturated rings. The van der Waals surface area contributed by atoms with Crippen LogP contribution in [-0.4, -0.2) is 40.7 Å². The summed E-state index contributed by atoms with van der Waals surface area (Å²) in [4.78, 5) is 6.20. The molecule has 0 saturated heterocycles. The van der Waals surface area contributed by atoms with Crippen LogP contribution in [0, 0.1) is 0 Å². The molecule has 0 aliphatic carbocycles. The van der Waals surface area contributed by atoms with Crippen LogP contribution in [0.4, 0.5) is 0 Å². The van der Waals surface area contributed by atoms with Crippen LogP contribution >= 0.6 is 0 Å². The fraction of sp³-hybridized carbons (Fsp3) is 0.583. The summed E-state index contributed by atoms with van der Waals surface area (Å²) in [6.07, 6.45) is 4.64. The Morgan fingerprint density at radius 1 is 1.47 bits per heavy atom. The zero-order valence-corrected chi connectivity index (χ0v) is 9.77. The van der Waals surface area contributed by atoms with Gasteiger partial charge in [-0.3, -0.25) is 4.98 Å². The zero-order valence-electron chi connectivity index (χ0n) is 9.77. The Kier molecular flexibility index (Phi) is 4.24. The third-order valence-corrected chi connectivity index (χ3v) is 2.16. The number of rotatable bonds is 5. The molecule has 1 aromatic heterocycles. The van der Waals surface area contributed by atoms with Crippen molar-refractivity contribution >= 4 is 0 Å². The molecular weight excluding hydrogens is 188 g/mol. The van der Waals surface area contributed by atoms with Crippen molar-refractivity contribution in [1.29, 1.82) is 0 Å². The highest BCUT2D eigenvalue weighted by Gasteiger charge is 2.14. The molecule has 1 N–H and O–H groups in total. The molecule has 15 heavy (non-hydrogen) atoms. The molecular formula is C12H20N2O. The minimum absolute atomic E-state index is 0.621. The Balaban J connectivity index is 2.32. The van der Waals surface area contributed by atoms with Crippen LogP contribution in [0.2, 0.25) is 0 Å². The van der Waals surface area contributed by atoms with Crippen molar-refractivity contribution in [1.82, 2.24) is 9.88 Å². The van der Waals surface area contributed by atoms with Gasteiger partial charge in [-0.25, -0.2) is 0 Å². The summed E-state index contributed by atoms with van der Waals surface area (Å²) < 4.78 is 0. The molecule has 84 valence electrons. The molecule has 0 saturated carbocycles. The van der Waals surface area contributed by atoms with Crippen molar-refractivity contribution in [3.05, 3.63) is 30.1 Å². The monoisotopic (exact) mass is 208 g/mol. The summed E-state index contributed by atoms with van der Waals surface area (Å²) >= 11 is 0. The van der Waals surface area contributed by atoms with Crippen molar-refractivity contribution in [3.63, 3.8) is 0 Å². The number of aromatic nitrogens is 1. The lowest BCUT2D eigenvalue weighted by atomic mass is 10.1. The molecule has 3 heteroatoms. The Morgan fingerprint density at radius 3 is 2.73 bits per heavy atom. The van der Waals surface area contributed by atoms with E-state index < -0.39 is 5.60 Å². The summed E-state index contributed by atoms with van der Waals surface area (Å²) in [6, 6.07) is 4.02. The Morgan fingerprint density at radius 2 is 2.20 bits per heavy atom. The molecule has 0 amide bonds. The van der Waals surface area contributed by atoms with Gasteiger partial charge in [-0.2, -0.15) is 0 Å². The van der Waals surface area contributed by atoms with E-state index in [4.69, 9.17) is 0 Å². The van der Waals surface area contributed by atoms with E-state index in [2.05, 4.69) is 16.0 Å². The van der Waals surface area contributed by atoms with E-state index >= 15 is 0 Å². The molecule has 0 radical (unpaired) electrons. The maximum Gasteiger partial charge on any atom is 0.0718 e. The number of hydrogen-bond donors (Lipinski definition) is 1. The third-order valence-electron chi connectivity index (χ3n) is 2.16. The van der Waals surface area contributed by atoms with E-state index in [0.717, 1.165) is 13.0 Å². The quantitative estimate of drug-likeness (QED) is 0.793. The van der Waals surface area contributed by atoms with E-state index in [1.54, 1.807) is 6.20 Å². The summed E-state index contributed by atoms with van der Waals surface area (Å²) in [5.74, 6) is 0. The van der Waals surface area contributed by atoms with Crippen LogP contribution < -0.4 is 0 Å². The van der Waals surface area contributed by atoms with Crippen molar-refractivity contribution < 1.29 is 5.11 Å². The van der Waals surface area contributed by atoms with Crippen molar-refractivity contribution in [2.45, 2.75) is 25.9 Å². The van der Waals surface area contributed by atoms with E-state index in [-0.39, 0.29) is 0 Å². The second-order valence-corrected chi connectivity index (χ2v) is 4.66. The van der Waals surface area contributed by atoms with Gasteiger partial charge in [0.15, 0.2) is 0 Å². The maximum absolute atomic E-state index is 9.63. The molecule has 0 atom stereocenters. The number of aliphatic hydroxyl groups is 1. The lowest BCUT2D eigenvalue weighted by Crippen LogP contribution is -2.37. The zero-order chi connectivity index (χ0) is 11.3. The number of likely N-dealkylation sites (N-methyl/N-ethyl adjacent to an activating group) is 1. The van der Waals surface area contributed by atoms with Gasteiger partial charge in [-0.15, -0.1) is 0 Å². The third kappa shape index (κ3) is 5.50. The maximum atomic E-state index is 9.63. The molecule has 1 rings (SSSR count). The minimum atomic E-state index is -0.621. The standard InChI is InChI=1S/C12H20N2O/c1-12(2,15)10-14(3)8-6-11-5-4-7-13-9-11/h4-5,7,9,15H,6,8,10H2,1-3H3. The first-order valence-electron chi connectivity index (χ1n) is 5.27. The fourth-order valence-electron chi connectivity index (χ4n) is 1.61. The van der Waals surface area contributed by atoms with Crippen LogP contribution in [-0.2, 0) is 6.42 Å². The average molecular weight is 208 g/mol. The molecule has 3 nitrogen and oxygen atoms in total.